The van der Waals surface area contributed by atoms with Gasteiger partial charge in [-0.1, -0.05) is 59.9 Å². The number of fused-ring (bicyclic) bond motifs is 1. The first kappa shape index (κ1) is 23.7. The predicted octanol–water partition coefficient (Wildman–Crippen LogP) is 4.02. The van der Waals surface area contributed by atoms with Gasteiger partial charge in [0.1, 0.15) is 12.4 Å². The van der Waals surface area contributed by atoms with Crippen molar-refractivity contribution in [1.29, 1.82) is 0 Å². The highest BCUT2D eigenvalue weighted by Gasteiger charge is 2.33. The van der Waals surface area contributed by atoms with Crippen molar-refractivity contribution < 1.29 is 14.3 Å². The van der Waals surface area contributed by atoms with Crippen molar-refractivity contribution in [3.05, 3.63) is 108 Å². The van der Waals surface area contributed by atoms with Crippen molar-refractivity contribution in [1.82, 2.24) is 4.57 Å². The molecule has 0 N–H and O–H groups in total. The maximum Gasteiger partial charge on any atom is 0.338 e. The molecule has 8 heteroatoms. The number of carbonyl (C=O) groups excluding carboxylic acids is 1. The van der Waals surface area contributed by atoms with E-state index in [9.17, 15) is 9.59 Å². The highest BCUT2D eigenvalue weighted by atomic mass is 35.5. The molecule has 2 heterocycles. The highest BCUT2D eigenvalue weighted by molar-refractivity contribution is 7.07. The Bertz CT molecular complexity index is 1450. The second-order valence-electron chi connectivity index (χ2n) is 7.53. The van der Waals surface area contributed by atoms with Crippen LogP contribution in [0.2, 0.25) is 5.02 Å². The van der Waals surface area contributed by atoms with Crippen molar-refractivity contribution >= 4 is 35.0 Å². The average Bonchev–Trinajstić information content (AvgIpc) is 3.12. The van der Waals surface area contributed by atoms with Crippen LogP contribution in [0.4, 0.5) is 0 Å². The summed E-state index contributed by atoms with van der Waals surface area (Å²) in [6, 6.07) is 13.9. The van der Waals surface area contributed by atoms with Crippen LogP contribution in [0, 0.1) is 0 Å². The van der Waals surface area contributed by atoms with Crippen molar-refractivity contribution in [2.75, 3.05) is 13.2 Å². The van der Waals surface area contributed by atoms with Gasteiger partial charge in [-0.3, -0.25) is 9.36 Å². The predicted molar refractivity (Wildman–Crippen MR) is 134 cm³/mol. The number of hydrogen-bond acceptors (Lipinski definition) is 6. The SMILES string of the molecule is C=CCOc1cccc(/C=c2\sc3n(c2=O)[C@@H](c2ccc(Cl)cc2)C(C(=O)OCC)=C(C)N=3)c1. The summed E-state index contributed by atoms with van der Waals surface area (Å²) in [7, 11) is 0. The van der Waals surface area contributed by atoms with Gasteiger partial charge in [0.15, 0.2) is 4.80 Å². The monoisotopic (exact) mass is 494 g/mol. The molecule has 3 aromatic rings. The molecule has 1 atom stereocenters. The molecule has 0 amide bonds. The van der Waals surface area contributed by atoms with Gasteiger partial charge in [0.2, 0.25) is 0 Å². The molecule has 0 unspecified atom stereocenters. The van der Waals surface area contributed by atoms with Gasteiger partial charge in [-0.15, -0.1) is 0 Å². The fraction of sp³-hybridized carbons (Fsp3) is 0.192. The second kappa shape index (κ2) is 10.2. The molecule has 1 aliphatic heterocycles. The average molecular weight is 495 g/mol. The quantitative estimate of drug-likeness (QED) is 0.367. The van der Waals surface area contributed by atoms with Crippen LogP contribution < -0.4 is 19.6 Å². The second-order valence-corrected chi connectivity index (χ2v) is 8.97. The number of rotatable bonds is 7. The first-order chi connectivity index (χ1) is 16.4. The van der Waals surface area contributed by atoms with Gasteiger partial charge < -0.3 is 9.47 Å². The highest BCUT2D eigenvalue weighted by Crippen LogP contribution is 2.31. The molecule has 0 aliphatic carbocycles. The number of nitrogens with zero attached hydrogens (tertiary/aromatic N) is 2. The summed E-state index contributed by atoms with van der Waals surface area (Å²) in [5.74, 6) is 0.186. The summed E-state index contributed by atoms with van der Waals surface area (Å²) in [6.45, 7) is 7.77. The number of allylic oxidation sites excluding steroid dienone is 1. The number of halogens is 1. The lowest BCUT2D eigenvalue weighted by molar-refractivity contribution is -0.139. The molecule has 0 spiro atoms. The van der Waals surface area contributed by atoms with E-state index < -0.39 is 12.0 Å². The Morgan fingerprint density at radius 2 is 2.03 bits per heavy atom. The number of carbonyl (C=O) groups is 1. The number of aromatic nitrogens is 1. The third kappa shape index (κ3) is 4.76. The first-order valence-corrected chi connectivity index (χ1v) is 11.9. The first-order valence-electron chi connectivity index (χ1n) is 10.7. The summed E-state index contributed by atoms with van der Waals surface area (Å²) >= 11 is 7.36. The topological polar surface area (TPSA) is 69.9 Å². The number of thiazole rings is 1. The minimum Gasteiger partial charge on any atom is -0.490 e. The van der Waals surface area contributed by atoms with E-state index in [0.29, 0.717) is 38.0 Å². The molecule has 6 nitrogen and oxygen atoms in total. The van der Waals surface area contributed by atoms with Gasteiger partial charge in [0.05, 0.1) is 28.5 Å². The zero-order chi connectivity index (χ0) is 24.2. The summed E-state index contributed by atoms with van der Waals surface area (Å²) in [6.07, 6.45) is 3.47. The lowest BCUT2D eigenvalue weighted by Gasteiger charge is -2.24. The Hall–Kier alpha value is -3.42. The third-order valence-corrected chi connectivity index (χ3v) is 6.46. The number of ether oxygens (including phenoxy) is 2. The van der Waals surface area contributed by atoms with Crippen LogP contribution in [0.25, 0.3) is 6.08 Å². The van der Waals surface area contributed by atoms with E-state index in [0.717, 1.165) is 11.1 Å². The van der Waals surface area contributed by atoms with E-state index in [1.165, 1.54) is 11.3 Å². The fourth-order valence-electron chi connectivity index (χ4n) is 3.75. The minimum absolute atomic E-state index is 0.220. The van der Waals surface area contributed by atoms with Crippen molar-refractivity contribution in [2.24, 2.45) is 4.99 Å². The van der Waals surface area contributed by atoms with Crippen LogP contribution in [0.15, 0.2) is 82.2 Å². The summed E-state index contributed by atoms with van der Waals surface area (Å²) in [5.41, 5.74) is 2.18. The molecule has 0 saturated heterocycles. The molecule has 4 rings (SSSR count). The van der Waals surface area contributed by atoms with Crippen LogP contribution >= 0.6 is 22.9 Å². The Morgan fingerprint density at radius 3 is 2.74 bits per heavy atom. The van der Waals surface area contributed by atoms with Gasteiger partial charge >= 0.3 is 5.97 Å². The lowest BCUT2D eigenvalue weighted by atomic mass is 9.96. The van der Waals surface area contributed by atoms with E-state index in [2.05, 4.69) is 11.6 Å². The van der Waals surface area contributed by atoms with Gasteiger partial charge in [0.25, 0.3) is 5.56 Å². The Morgan fingerprint density at radius 1 is 1.26 bits per heavy atom. The molecule has 0 bridgehead atoms. The van der Waals surface area contributed by atoms with Crippen LogP contribution in [0.3, 0.4) is 0 Å². The molecule has 1 aliphatic rings. The van der Waals surface area contributed by atoms with Crippen molar-refractivity contribution in [3.8, 4) is 5.75 Å². The summed E-state index contributed by atoms with van der Waals surface area (Å²) in [4.78, 5) is 31.6. The Balaban J connectivity index is 1.88. The molecule has 1 aromatic heterocycles. The molecule has 0 radical (unpaired) electrons. The van der Waals surface area contributed by atoms with Crippen LogP contribution in [-0.2, 0) is 9.53 Å². The maximum atomic E-state index is 13.6. The van der Waals surface area contributed by atoms with Crippen molar-refractivity contribution in [3.63, 3.8) is 0 Å². The van der Waals surface area contributed by atoms with Gasteiger partial charge in [-0.25, -0.2) is 9.79 Å². The smallest absolute Gasteiger partial charge is 0.338 e. The number of esters is 1. The number of hydrogen-bond donors (Lipinski definition) is 0. The maximum absolute atomic E-state index is 13.6. The minimum atomic E-state index is -0.669. The zero-order valence-corrected chi connectivity index (χ0v) is 20.4. The lowest BCUT2D eigenvalue weighted by Crippen LogP contribution is -2.39. The van der Waals surface area contributed by atoms with Crippen molar-refractivity contribution in [2.45, 2.75) is 19.9 Å². The number of benzene rings is 2. The fourth-order valence-corrected chi connectivity index (χ4v) is 4.93. The molecule has 34 heavy (non-hydrogen) atoms. The van der Waals surface area contributed by atoms with E-state index >= 15 is 0 Å². The van der Waals surface area contributed by atoms with Crippen LogP contribution in [0.5, 0.6) is 5.75 Å². The van der Waals surface area contributed by atoms with E-state index in [-0.39, 0.29) is 12.2 Å². The Kier molecular flexibility index (Phi) is 7.14. The van der Waals surface area contributed by atoms with Gasteiger partial charge in [-0.2, -0.15) is 0 Å². The molecule has 0 fully saturated rings. The van der Waals surface area contributed by atoms with Gasteiger partial charge in [-0.05, 0) is 55.3 Å². The largest absolute Gasteiger partial charge is 0.490 e. The van der Waals surface area contributed by atoms with Crippen LogP contribution in [-0.4, -0.2) is 23.8 Å². The van der Waals surface area contributed by atoms with E-state index in [4.69, 9.17) is 21.1 Å². The summed E-state index contributed by atoms with van der Waals surface area (Å²) in [5, 5.41) is 0.563. The van der Waals surface area contributed by atoms with E-state index in [1.54, 1.807) is 42.7 Å². The zero-order valence-electron chi connectivity index (χ0n) is 18.8. The molecule has 174 valence electrons. The molecular weight excluding hydrogens is 472 g/mol. The summed E-state index contributed by atoms with van der Waals surface area (Å²) < 4.78 is 13.0. The normalized spacial score (nSPS) is 15.5. The molecule has 0 saturated carbocycles. The standard InChI is InChI=1S/C26H23ClN2O4S/c1-4-13-33-20-8-6-7-17(14-20)15-21-24(30)29-23(18-9-11-19(27)12-10-18)22(25(31)32-5-2)16(3)28-26(29)34-21/h4,6-12,14-15,23H,1,5,13H2,2-3H3/b21-15-/t23-/m0/s1. The Labute approximate surface area is 205 Å². The van der Waals surface area contributed by atoms with Crippen LogP contribution in [0.1, 0.15) is 31.0 Å². The molecule has 2 aromatic carbocycles. The molecular formula is C26H23ClN2O4S. The third-order valence-electron chi connectivity index (χ3n) is 5.23. The van der Waals surface area contributed by atoms with E-state index in [1.807, 2.05) is 36.4 Å². The van der Waals surface area contributed by atoms with Gasteiger partial charge in [0, 0.05) is 5.02 Å².